The molecule has 0 saturated heterocycles. The summed E-state index contributed by atoms with van der Waals surface area (Å²) in [7, 11) is 1.52. The molecular weight excluding hydrogens is 334 g/mol. The minimum Gasteiger partial charge on any atom is -0.593 e. The number of ether oxygens (including phenoxy) is 1. The zero-order valence-corrected chi connectivity index (χ0v) is 14.7. The Kier molecular flexibility index (Phi) is 5.58. The first-order valence-electron chi connectivity index (χ1n) is 6.77. The zero-order valence-electron chi connectivity index (χ0n) is 13.1. The summed E-state index contributed by atoms with van der Waals surface area (Å²) >= 11 is -0.282. The molecule has 0 saturated carbocycles. The molecule has 7 nitrogen and oxygen atoms in total. The van der Waals surface area contributed by atoms with E-state index in [1.807, 2.05) is 6.07 Å². The molecule has 0 bridgehead atoms. The molecule has 2 aromatic rings. The monoisotopic (exact) mass is 353 g/mol. The summed E-state index contributed by atoms with van der Waals surface area (Å²) in [6.45, 7) is 4.11. The predicted molar refractivity (Wildman–Crippen MR) is 92.7 cm³/mol. The Morgan fingerprint density at radius 2 is 1.96 bits per heavy atom. The highest BCUT2D eigenvalue weighted by Crippen LogP contribution is 2.40. The largest absolute Gasteiger partial charge is 0.593 e. The molecule has 6 N–H and O–H groups in total. The molecule has 9 heteroatoms. The number of aromatic nitrogens is 2. The summed E-state index contributed by atoms with van der Waals surface area (Å²) in [6, 6.07) is 3.60. The number of nitrogens with two attached hydrogens (primary N) is 3. The maximum atomic E-state index is 11.8. The number of rotatable bonds is 5. The molecule has 124 valence electrons. The van der Waals surface area contributed by atoms with Crippen molar-refractivity contribution in [3.05, 3.63) is 23.9 Å². The van der Waals surface area contributed by atoms with Crippen molar-refractivity contribution in [2.75, 3.05) is 18.6 Å². The van der Waals surface area contributed by atoms with Gasteiger partial charge in [0.05, 0.1) is 23.4 Å². The Hall–Kier alpha value is -1.68. The number of nitrogens with zero attached hydrogens (tertiary/aromatic N) is 2. The number of benzene rings is 1. The minimum absolute atomic E-state index is 0.120. The van der Waals surface area contributed by atoms with Crippen molar-refractivity contribution >= 4 is 34.9 Å². The van der Waals surface area contributed by atoms with E-state index in [0.29, 0.717) is 21.4 Å². The lowest BCUT2D eigenvalue weighted by molar-refractivity contribution is 0.401. The van der Waals surface area contributed by atoms with E-state index in [9.17, 15) is 4.55 Å². The molecular formula is C14H19N5O2S2. The maximum Gasteiger partial charge on any atom is 0.221 e. The topological polar surface area (TPSA) is 136 Å². The number of nitrogen functional groups attached to an aromatic ring is 2. The van der Waals surface area contributed by atoms with Gasteiger partial charge >= 0.3 is 0 Å². The molecule has 1 aromatic heterocycles. The Balaban J connectivity index is 2.52. The van der Waals surface area contributed by atoms with Crippen LogP contribution in [0.15, 0.2) is 33.0 Å². The maximum absolute atomic E-state index is 11.8. The molecule has 23 heavy (non-hydrogen) atoms. The van der Waals surface area contributed by atoms with Crippen molar-refractivity contribution in [1.29, 1.82) is 0 Å². The van der Waals surface area contributed by atoms with Gasteiger partial charge in [-0.05, 0) is 17.5 Å². The minimum atomic E-state index is -1.66. The van der Waals surface area contributed by atoms with Crippen molar-refractivity contribution in [1.82, 2.24) is 9.97 Å². The number of hydrogen-bond acceptors (Lipinski definition) is 8. The molecule has 2 rings (SSSR count). The lowest BCUT2D eigenvalue weighted by Gasteiger charge is -2.17. The standard InChI is InChI=1S/C14H19N5O2S2/c1-7(2)8-4-9(21-3)12(23(17)20)5-10(8)22-11-6-18-14(16)19-13(11)15/h4-7H,17H2,1-3H3,(H4,15,16,18,19). The summed E-state index contributed by atoms with van der Waals surface area (Å²) < 4.78 is 17.1. The lowest BCUT2D eigenvalue weighted by Crippen LogP contribution is -2.14. The highest BCUT2D eigenvalue weighted by Gasteiger charge is 2.21. The fourth-order valence-electron chi connectivity index (χ4n) is 2.01. The predicted octanol–water partition coefficient (Wildman–Crippen LogP) is 1.91. The van der Waals surface area contributed by atoms with Crippen LogP contribution in [-0.4, -0.2) is 21.6 Å². The van der Waals surface area contributed by atoms with Crippen molar-refractivity contribution in [3.63, 3.8) is 0 Å². The molecule has 0 amide bonds. The third kappa shape index (κ3) is 3.99. The van der Waals surface area contributed by atoms with E-state index in [1.54, 1.807) is 12.3 Å². The Morgan fingerprint density at radius 3 is 2.48 bits per heavy atom. The van der Waals surface area contributed by atoms with Gasteiger partial charge in [-0.1, -0.05) is 25.6 Å². The number of methoxy groups -OCH3 is 1. The van der Waals surface area contributed by atoms with Gasteiger partial charge in [0.1, 0.15) is 5.82 Å². The fourth-order valence-corrected chi connectivity index (χ4v) is 3.74. The molecule has 1 aromatic carbocycles. The smallest absolute Gasteiger partial charge is 0.221 e. The molecule has 0 spiro atoms. The van der Waals surface area contributed by atoms with E-state index in [1.165, 1.54) is 18.9 Å². The Bertz CT molecular complexity index is 710. The summed E-state index contributed by atoms with van der Waals surface area (Å²) in [4.78, 5) is 9.87. The first kappa shape index (κ1) is 17.7. The normalized spacial score (nSPS) is 12.4. The highest BCUT2D eigenvalue weighted by atomic mass is 32.2. The van der Waals surface area contributed by atoms with E-state index in [2.05, 4.69) is 23.8 Å². The van der Waals surface area contributed by atoms with Crippen LogP contribution in [0.25, 0.3) is 0 Å². The van der Waals surface area contributed by atoms with E-state index < -0.39 is 11.4 Å². The molecule has 1 unspecified atom stereocenters. The summed E-state index contributed by atoms with van der Waals surface area (Å²) in [6.07, 6.45) is 1.57. The van der Waals surface area contributed by atoms with Crippen molar-refractivity contribution in [2.45, 2.75) is 34.5 Å². The van der Waals surface area contributed by atoms with Gasteiger partial charge in [-0.25, -0.2) is 4.98 Å². The first-order chi connectivity index (χ1) is 10.8. The van der Waals surface area contributed by atoms with Crippen LogP contribution >= 0.6 is 11.8 Å². The Labute approximate surface area is 142 Å². The van der Waals surface area contributed by atoms with Crippen molar-refractivity contribution in [2.24, 2.45) is 5.14 Å². The number of anilines is 2. The molecule has 0 aliphatic carbocycles. The number of hydrogen-bond donors (Lipinski definition) is 3. The van der Waals surface area contributed by atoms with Gasteiger partial charge in [0, 0.05) is 17.2 Å². The third-order valence-electron chi connectivity index (χ3n) is 3.16. The second-order valence-corrected chi connectivity index (χ2v) is 7.19. The van der Waals surface area contributed by atoms with Crippen molar-refractivity contribution in [3.8, 4) is 5.75 Å². The average molecular weight is 353 g/mol. The van der Waals surface area contributed by atoms with Gasteiger partial charge in [-0.15, -0.1) is 5.14 Å². The SMILES string of the molecule is COc1cc(C(C)C)c(Sc2cnc(N)nc2N)cc1[S+](N)[O-]. The second-order valence-electron chi connectivity index (χ2n) is 5.07. The first-order valence-corrected chi connectivity index (χ1v) is 8.80. The third-order valence-corrected chi connectivity index (χ3v) is 5.02. The van der Waals surface area contributed by atoms with Gasteiger partial charge in [0.15, 0.2) is 5.75 Å². The summed E-state index contributed by atoms with van der Waals surface area (Å²) in [5, 5.41) is 5.55. The summed E-state index contributed by atoms with van der Waals surface area (Å²) in [5.41, 5.74) is 12.4. The van der Waals surface area contributed by atoms with Crippen LogP contribution in [0.4, 0.5) is 11.8 Å². The lowest BCUT2D eigenvalue weighted by atomic mass is 10.0. The fraction of sp³-hybridized carbons (Fsp3) is 0.286. The molecule has 0 radical (unpaired) electrons. The highest BCUT2D eigenvalue weighted by molar-refractivity contribution is 7.99. The molecule has 0 aliphatic rings. The van der Waals surface area contributed by atoms with Gasteiger partial charge in [0.2, 0.25) is 10.8 Å². The molecule has 0 aliphatic heterocycles. The van der Waals surface area contributed by atoms with Crippen LogP contribution in [0.1, 0.15) is 25.3 Å². The van der Waals surface area contributed by atoms with Crippen LogP contribution in [0.2, 0.25) is 0 Å². The van der Waals surface area contributed by atoms with Crippen LogP contribution in [0, 0.1) is 0 Å². The molecule has 0 fully saturated rings. The van der Waals surface area contributed by atoms with Gasteiger partial charge < -0.3 is 20.8 Å². The molecule has 1 heterocycles. The average Bonchev–Trinajstić information content (AvgIpc) is 2.49. The van der Waals surface area contributed by atoms with E-state index in [-0.39, 0.29) is 11.9 Å². The van der Waals surface area contributed by atoms with Gasteiger partial charge in [-0.2, -0.15) is 4.98 Å². The van der Waals surface area contributed by atoms with Gasteiger partial charge in [0.25, 0.3) is 0 Å². The molecule has 1 atom stereocenters. The van der Waals surface area contributed by atoms with Crippen LogP contribution < -0.4 is 21.3 Å². The van der Waals surface area contributed by atoms with Crippen LogP contribution in [-0.2, 0) is 11.4 Å². The zero-order chi connectivity index (χ0) is 17.1. The summed E-state index contributed by atoms with van der Waals surface area (Å²) in [5.74, 6) is 1.14. The second kappa shape index (κ2) is 7.26. The van der Waals surface area contributed by atoms with Crippen molar-refractivity contribution < 1.29 is 9.29 Å². The van der Waals surface area contributed by atoms with E-state index in [0.717, 1.165) is 10.5 Å². The van der Waals surface area contributed by atoms with E-state index in [4.69, 9.17) is 21.3 Å². The van der Waals surface area contributed by atoms with Gasteiger partial charge in [-0.3, -0.25) is 0 Å². The Morgan fingerprint density at radius 1 is 1.26 bits per heavy atom. The van der Waals surface area contributed by atoms with E-state index >= 15 is 0 Å². The quantitative estimate of drug-likeness (QED) is 0.693. The van der Waals surface area contributed by atoms with Crippen LogP contribution in [0.3, 0.4) is 0 Å². The van der Waals surface area contributed by atoms with Crippen LogP contribution in [0.5, 0.6) is 5.75 Å².